The average Bonchev–Trinajstić information content (AvgIpc) is 2.30. The summed E-state index contributed by atoms with van der Waals surface area (Å²) in [6.07, 6.45) is 2.03. The largest absolute Gasteiger partial charge is 0.382 e. The van der Waals surface area contributed by atoms with Crippen molar-refractivity contribution in [2.45, 2.75) is 18.9 Å². The van der Waals surface area contributed by atoms with Gasteiger partial charge in [0.15, 0.2) is 0 Å². The van der Waals surface area contributed by atoms with Gasteiger partial charge in [0.05, 0.1) is 5.56 Å². The number of nitrogens with one attached hydrogen (secondary N) is 2. The summed E-state index contributed by atoms with van der Waals surface area (Å²) in [5.41, 5.74) is 5.67. The van der Waals surface area contributed by atoms with Crippen LogP contribution in [0.4, 0.5) is 10.1 Å². The Bertz CT molecular complexity index is 416. The Morgan fingerprint density at radius 1 is 1.41 bits per heavy atom. The number of primary amides is 1. The Labute approximate surface area is 99.4 Å². The van der Waals surface area contributed by atoms with Crippen molar-refractivity contribution in [2.75, 3.05) is 18.4 Å². The second kappa shape index (κ2) is 5.14. The standard InChI is InChI=1S/C12H16FN3O/c13-11-7-9(1-2-10(11)12(14)17)16-8-3-5-15-6-4-8/h1-2,7-8,15-16H,3-6H2,(H2,14,17). The third-order valence-corrected chi connectivity index (χ3v) is 2.94. The van der Waals surface area contributed by atoms with E-state index in [9.17, 15) is 9.18 Å². The Balaban J connectivity index is 2.06. The molecule has 17 heavy (non-hydrogen) atoms. The number of nitrogens with two attached hydrogens (primary N) is 1. The van der Waals surface area contributed by atoms with Gasteiger partial charge in [0, 0.05) is 11.7 Å². The fraction of sp³-hybridized carbons (Fsp3) is 0.417. The first kappa shape index (κ1) is 11.9. The van der Waals surface area contributed by atoms with Gasteiger partial charge in [0.2, 0.25) is 0 Å². The number of rotatable bonds is 3. The normalized spacial score (nSPS) is 16.8. The molecular weight excluding hydrogens is 221 g/mol. The molecule has 1 aliphatic rings. The lowest BCUT2D eigenvalue weighted by Crippen LogP contribution is -2.35. The molecule has 0 spiro atoms. The summed E-state index contributed by atoms with van der Waals surface area (Å²) in [7, 11) is 0. The first-order valence-corrected chi connectivity index (χ1v) is 5.73. The van der Waals surface area contributed by atoms with E-state index in [0.717, 1.165) is 25.9 Å². The zero-order chi connectivity index (χ0) is 12.3. The van der Waals surface area contributed by atoms with E-state index in [1.807, 2.05) is 0 Å². The number of benzene rings is 1. The molecule has 1 amide bonds. The molecule has 0 aliphatic carbocycles. The molecule has 92 valence electrons. The van der Waals surface area contributed by atoms with Gasteiger partial charge < -0.3 is 16.4 Å². The molecule has 0 bridgehead atoms. The van der Waals surface area contributed by atoms with Crippen LogP contribution in [-0.2, 0) is 0 Å². The summed E-state index contributed by atoms with van der Waals surface area (Å²) in [5.74, 6) is -1.31. The smallest absolute Gasteiger partial charge is 0.251 e. The van der Waals surface area contributed by atoms with Crippen molar-refractivity contribution in [3.63, 3.8) is 0 Å². The molecule has 4 nitrogen and oxygen atoms in total. The van der Waals surface area contributed by atoms with Gasteiger partial charge in [-0.05, 0) is 44.1 Å². The fourth-order valence-electron chi connectivity index (χ4n) is 2.01. The van der Waals surface area contributed by atoms with Crippen LogP contribution < -0.4 is 16.4 Å². The molecule has 0 saturated carbocycles. The lowest BCUT2D eigenvalue weighted by Gasteiger charge is -2.24. The van der Waals surface area contributed by atoms with Crippen LogP contribution >= 0.6 is 0 Å². The van der Waals surface area contributed by atoms with Crippen molar-refractivity contribution in [3.05, 3.63) is 29.6 Å². The van der Waals surface area contributed by atoms with Crippen molar-refractivity contribution in [1.29, 1.82) is 0 Å². The maximum Gasteiger partial charge on any atom is 0.251 e. The van der Waals surface area contributed by atoms with Crippen LogP contribution in [0.3, 0.4) is 0 Å². The second-order valence-electron chi connectivity index (χ2n) is 4.23. The number of anilines is 1. The lowest BCUT2D eigenvalue weighted by molar-refractivity contribution is 0.0996. The predicted octanol–water partition coefficient (Wildman–Crippen LogP) is 1.09. The maximum atomic E-state index is 13.5. The van der Waals surface area contributed by atoms with Gasteiger partial charge in [-0.2, -0.15) is 0 Å². The van der Waals surface area contributed by atoms with E-state index < -0.39 is 11.7 Å². The number of hydrogen-bond acceptors (Lipinski definition) is 3. The molecule has 1 saturated heterocycles. The minimum atomic E-state index is -0.740. The van der Waals surface area contributed by atoms with Crippen LogP contribution in [-0.4, -0.2) is 25.0 Å². The van der Waals surface area contributed by atoms with E-state index in [0.29, 0.717) is 11.7 Å². The van der Waals surface area contributed by atoms with Gasteiger partial charge in [-0.1, -0.05) is 0 Å². The third kappa shape index (κ3) is 2.94. The van der Waals surface area contributed by atoms with E-state index in [2.05, 4.69) is 10.6 Å². The van der Waals surface area contributed by atoms with Crippen LogP contribution in [0.15, 0.2) is 18.2 Å². The van der Waals surface area contributed by atoms with Crippen molar-refractivity contribution < 1.29 is 9.18 Å². The SMILES string of the molecule is NC(=O)c1ccc(NC2CCNCC2)cc1F. The Morgan fingerprint density at radius 3 is 2.71 bits per heavy atom. The minimum absolute atomic E-state index is 0.0686. The summed E-state index contributed by atoms with van der Waals surface area (Å²) in [5, 5.41) is 6.52. The quantitative estimate of drug-likeness (QED) is 0.737. The van der Waals surface area contributed by atoms with Gasteiger partial charge in [-0.3, -0.25) is 4.79 Å². The molecule has 1 aromatic carbocycles. The highest BCUT2D eigenvalue weighted by Gasteiger charge is 2.14. The van der Waals surface area contributed by atoms with Gasteiger partial charge in [0.1, 0.15) is 5.82 Å². The van der Waals surface area contributed by atoms with Gasteiger partial charge in [0.25, 0.3) is 5.91 Å². The lowest BCUT2D eigenvalue weighted by atomic mass is 10.1. The average molecular weight is 237 g/mol. The summed E-state index contributed by atoms with van der Waals surface area (Å²) < 4.78 is 13.5. The zero-order valence-corrected chi connectivity index (χ0v) is 9.50. The molecule has 0 unspecified atom stereocenters. The Kier molecular flexibility index (Phi) is 3.58. The number of hydrogen-bond donors (Lipinski definition) is 3. The van der Waals surface area contributed by atoms with Crippen molar-refractivity contribution in [2.24, 2.45) is 5.73 Å². The highest BCUT2D eigenvalue weighted by Crippen LogP contribution is 2.17. The molecule has 4 N–H and O–H groups in total. The molecule has 1 aromatic rings. The topological polar surface area (TPSA) is 67.2 Å². The molecule has 1 heterocycles. The van der Waals surface area contributed by atoms with Crippen LogP contribution in [0.5, 0.6) is 0 Å². The van der Waals surface area contributed by atoms with Gasteiger partial charge in [-0.15, -0.1) is 0 Å². The third-order valence-electron chi connectivity index (χ3n) is 2.94. The molecule has 0 aromatic heterocycles. The molecule has 2 rings (SSSR count). The van der Waals surface area contributed by atoms with Crippen LogP contribution in [0.1, 0.15) is 23.2 Å². The number of amides is 1. The summed E-state index contributed by atoms with van der Waals surface area (Å²) in [4.78, 5) is 10.9. The molecule has 1 aliphatic heterocycles. The highest BCUT2D eigenvalue weighted by atomic mass is 19.1. The predicted molar refractivity (Wildman–Crippen MR) is 64.4 cm³/mol. The highest BCUT2D eigenvalue weighted by molar-refractivity contribution is 5.93. The van der Waals surface area contributed by atoms with Crippen LogP contribution in [0, 0.1) is 5.82 Å². The van der Waals surface area contributed by atoms with Crippen LogP contribution in [0.25, 0.3) is 0 Å². The fourth-order valence-corrected chi connectivity index (χ4v) is 2.01. The van der Waals surface area contributed by atoms with Gasteiger partial charge in [-0.25, -0.2) is 4.39 Å². The van der Waals surface area contributed by atoms with E-state index in [1.165, 1.54) is 12.1 Å². The molecule has 5 heteroatoms. The molecule has 1 fully saturated rings. The zero-order valence-electron chi connectivity index (χ0n) is 9.50. The van der Waals surface area contributed by atoms with E-state index in [4.69, 9.17) is 5.73 Å². The summed E-state index contributed by atoms with van der Waals surface area (Å²) in [6.45, 7) is 1.94. The van der Waals surface area contributed by atoms with E-state index in [1.54, 1.807) is 6.07 Å². The number of carbonyl (C=O) groups is 1. The minimum Gasteiger partial charge on any atom is -0.382 e. The van der Waals surface area contributed by atoms with Gasteiger partial charge >= 0.3 is 0 Å². The molecular formula is C12H16FN3O. The van der Waals surface area contributed by atoms with Crippen molar-refractivity contribution in [1.82, 2.24) is 5.32 Å². The monoisotopic (exact) mass is 237 g/mol. The van der Waals surface area contributed by atoms with E-state index in [-0.39, 0.29) is 5.56 Å². The Hall–Kier alpha value is -1.62. The number of halogens is 1. The Morgan fingerprint density at radius 2 is 2.12 bits per heavy atom. The number of carbonyl (C=O) groups excluding carboxylic acids is 1. The van der Waals surface area contributed by atoms with Crippen LogP contribution in [0.2, 0.25) is 0 Å². The molecule has 0 atom stereocenters. The second-order valence-corrected chi connectivity index (χ2v) is 4.23. The van der Waals surface area contributed by atoms with Crippen molar-refractivity contribution >= 4 is 11.6 Å². The number of piperidine rings is 1. The first-order valence-electron chi connectivity index (χ1n) is 5.73. The maximum absolute atomic E-state index is 13.5. The molecule has 0 radical (unpaired) electrons. The summed E-state index contributed by atoms with van der Waals surface area (Å²) >= 11 is 0. The first-order chi connectivity index (χ1) is 8.16. The van der Waals surface area contributed by atoms with Crippen molar-refractivity contribution in [3.8, 4) is 0 Å². The summed E-state index contributed by atoms with van der Waals surface area (Å²) in [6, 6.07) is 4.78. The van der Waals surface area contributed by atoms with E-state index >= 15 is 0 Å².